The molecule has 2 bridgehead atoms. The van der Waals surface area contributed by atoms with Gasteiger partial charge in [-0.2, -0.15) is 0 Å². The Balaban J connectivity index is 1.76. The first-order chi connectivity index (χ1) is 7.65. The summed E-state index contributed by atoms with van der Waals surface area (Å²) in [6.45, 7) is 4.57. The highest BCUT2D eigenvalue weighted by molar-refractivity contribution is 5.82. The van der Waals surface area contributed by atoms with Crippen molar-refractivity contribution in [1.82, 2.24) is 0 Å². The molecule has 0 aromatic rings. The standard InChI is InChI=1S/C15H24O/c1-9-5-10(2)15(14(16)6-9)13-8-11-3-4-12(13)7-11/h9-13,15H,3-8H2,1-2H3/t9-,10+,11+,12-,13-,15-/m0/s1. The molecule has 0 aromatic heterocycles. The van der Waals surface area contributed by atoms with Gasteiger partial charge < -0.3 is 0 Å². The number of hydrogen-bond acceptors (Lipinski definition) is 1. The Bertz CT molecular complexity index is 296. The predicted molar refractivity (Wildman–Crippen MR) is 65.0 cm³/mol. The van der Waals surface area contributed by atoms with Crippen LogP contribution in [-0.2, 0) is 4.79 Å². The van der Waals surface area contributed by atoms with E-state index in [1.54, 1.807) is 0 Å². The Morgan fingerprint density at radius 2 is 1.88 bits per heavy atom. The van der Waals surface area contributed by atoms with Gasteiger partial charge in [0.15, 0.2) is 0 Å². The summed E-state index contributed by atoms with van der Waals surface area (Å²) in [6, 6.07) is 0. The number of Topliss-reactive ketones (excluding diaryl/α,β-unsaturated/α-hetero) is 1. The second-order valence-corrected chi connectivity index (χ2v) is 6.85. The van der Waals surface area contributed by atoms with Gasteiger partial charge in [0.1, 0.15) is 5.78 Å². The number of fused-ring (bicyclic) bond motifs is 2. The Morgan fingerprint density at radius 3 is 2.44 bits per heavy atom. The van der Waals surface area contributed by atoms with E-state index in [4.69, 9.17) is 0 Å². The van der Waals surface area contributed by atoms with Crippen LogP contribution in [0.5, 0.6) is 0 Å². The summed E-state index contributed by atoms with van der Waals surface area (Å²) in [4.78, 5) is 12.3. The average molecular weight is 220 g/mol. The lowest BCUT2D eigenvalue weighted by molar-refractivity contribution is -0.131. The second kappa shape index (κ2) is 3.85. The molecule has 3 rings (SSSR count). The molecule has 0 heterocycles. The molecular weight excluding hydrogens is 196 g/mol. The van der Waals surface area contributed by atoms with Crippen LogP contribution in [0.2, 0.25) is 0 Å². The molecule has 0 radical (unpaired) electrons. The van der Waals surface area contributed by atoms with Crippen molar-refractivity contribution in [1.29, 1.82) is 0 Å². The lowest BCUT2D eigenvalue weighted by Gasteiger charge is -2.38. The van der Waals surface area contributed by atoms with Gasteiger partial charge in [0.25, 0.3) is 0 Å². The maximum atomic E-state index is 12.3. The molecule has 0 amide bonds. The van der Waals surface area contributed by atoms with Crippen molar-refractivity contribution < 1.29 is 4.79 Å². The van der Waals surface area contributed by atoms with Gasteiger partial charge in [-0.15, -0.1) is 0 Å². The van der Waals surface area contributed by atoms with E-state index in [0.29, 0.717) is 23.5 Å². The molecule has 6 atom stereocenters. The van der Waals surface area contributed by atoms with Gasteiger partial charge in [0, 0.05) is 12.3 Å². The van der Waals surface area contributed by atoms with Gasteiger partial charge in [0.2, 0.25) is 0 Å². The van der Waals surface area contributed by atoms with Crippen LogP contribution in [0.1, 0.15) is 52.4 Å². The first kappa shape index (κ1) is 10.8. The molecular formula is C15H24O. The van der Waals surface area contributed by atoms with Crippen LogP contribution < -0.4 is 0 Å². The van der Waals surface area contributed by atoms with Crippen molar-refractivity contribution >= 4 is 5.78 Å². The fraction of sp³-hybridized carbons (Fsp3) is 0.933. The molecule has 1 heteroatoms. The van der Waals surface area contributed by atoms with Crippen LogP contribution in [0.4, 0.5) is 0 Å². The topological polar surface area (TPSA) is 17.1 Å². The number of ketones is 1. The van der Waals surface area contributed by atoms with Crippen LogP contribution in [-0.4, -0.2) is 5.78 Å². The van der Waals surface area contributed by atoms with E-state index in [9.17, 15) is 4.79 Å². The highest BCUT2D eigenvalue weighted by atomic mass is 16.1. The van der Waals surface area contributed by atoms with Crippen LogP contribution in [0.25, 0.3) is 0 Å². The van der Waals surface area contributed by atoms with Crippen LogP contribution in [0, 0.1) is 35.5 Å². The van der Waals surface area contributed by atoms with Crippen LogP contribution in [0.15, 0.2) is 0 Å². The molecule has 16 heavy (non-hydrogen) atoms. The van der Waals surface area contributed by atoms with E-state index >= 15 is 0 Å². The first-order valence-electron chi connectivity index (χ1n) is 7.18. The molecule has 3 fully saturated rings. The molecule has 0 N–H and O–H groups in total. The Kier molecular flexibility index (Phi) is 2.60. The third-order valence-electron chi connectivity index (χ3n) is 5.56. The van der Waals surface area contributed by atoms with Crippen molar-refractivity contribution in [3.05, 3.63) is 0 Å². The van der Waals surface area contributed by atoms with E-state index in [1.165, 1.54) is 32.1 Å². The Hall–Kier alpha value is -0.330. The Morgan fingerprint density at radius 1 is 1.06 bits per heavy atom. The first-order valence-corrected chi connectivity index (χ1v) is 7.18. The normalized spacial score (nSPS) is 52.2. The maximum Gasteiger partial charge on any atom is 0.136 e. The van der Waals surface area contributed by atoms with E-state index in [0.717, 1.165) is 24.2 Å². The summed E-state index contributed by atoms with van der Waals surface area (Å²) in [5.41, 5.74) is 0. The van der Waals surface area contributed by atoms with Gasteiger partial charge >= 0.3 is 0 Å². The van der Waals surface area contributed by atoms with E-state index in [1.807, 2.05) is 0 Å². The van der Waals surface area contributed by atoms with Gasteiger partial charge in [-0.1, -0.05) is 20.3 Å². The number of hydrogen-bond donors (Lipinski definition) is 0. The Labute approximate surface area is 99.0 Å². The summed E-state index contributed by atoms with van der Waals surface area (Å²) in [7, 11) is 0. The van der Waals surface area contributed by atoms with Gasteiger partial charge in [-0.3, -0.25) is 4.79 Å². The molecule has 0 spiro atoms. The minimum Gasteiger partial charge on any atom is -0.299 e. The largest absolute Gasteiger partial charge is 0.299 e. The molecule has 0 aliphatic heterocycles. The van der Waals surface area contributed by atoms with E-state index < -0.39 is 0 Å². The lowest BCUT2D eigenvalue weighted by atomic mass is 9.65. The van der Waals surface area contributed by atoms with Crippen LogP contribution >= 0.6 is 0 Å². The number of carbonyl (C=O) groups is 1. The molecule has 90 valence electrons. The summed E-state index contributed by atoms with van der Waals surface area (Å²) < 4.78 is 0. The molecule has 0 saturated heterocycles. The van der Waals surface area contributed by atoms with Crippen molar-refractivity contribution in [3.63, 3.8) is 0 Å². The summed E-state index contributed by atoms with van der Waals surface area (Å²) in [5.74, 6) is 4.99. The van der Waals surface area contributed by atoms with Crippen molar-refractivity contribution in [2.75, 3.05) is 0 Å². The smallest absolute Gasteiger partial charge is 0.136 e. The SMILES string of the molecule is C[C@@H]1CC(=O)[C@H]([C@H]2C[C@@H]3CC[C@H]2C3)[C@H](C)C1. The third-order valence-corrected chi connectivity index (χ3v) is 5.56. The number of carbonyl (C=O) groups excluding carboxylic acids is 1. The fourth-order valence-electron chi connectivity index (χ4n) is 5.06. The van der Waals surface area contributed by atoms with Gasteiger partial charge in [0.05, 0.1) is 0 Å². The molecule has 0 aromatic carbocycles. The molecule has 3 aliphatic carbocycles. The van der Waals surface area contributed by atoms with Crippen LogP contribution in [0.3, 0.4) is 0 Å². The van der Waals surface area contributed by atoms with E-state index in [2.05, 4.69) is 13.8 Å². The molecule has 3 saturated carbocycles. The van der Waals surface area contributed by atoms with Crippen molar-refractivity contribution in [3.8, 4) is 0 Å². The highest BCUT2D eigenvalue weighted by Gasteiger charge is 2.47. The fourth-order valence-corrected chi connectivity index (χ4v) is 5.06. The summed E-state index contributed by atoms with van der Waals surface area (Å²) >= 11 is 0. The lowest BCUT2D eigenvalue weighted by Crippen LogP contribution is -2.38. The quantitative estimate of drug-likeness (QED) is 0.659. The summed E-state index contributed by atoms with van der Waals surface area (Å²) in [5, 5.41) is 0. The zero-order valence-corrected chi connectivity index (χ0v) is 10.6. The van der Waals surface area contributed by atoms with Gasteiger partial charge in [-0.05, 0) is 55.3 Å². The van der Waals surface area contributed by atoms with Crippen molar-refractivity contribution in [2.45, 2.75) is 52.4 Å². The van der Waals surface area contributed by atoms with Gasteiger partial charge in [-0.25, -0.2) is 0 Å². The monoisotopic (exact) mass is 220 g/mol. The third kappa shape index (κ3) is 1.63. The molecule has 1 nitrogen and oxygen atoms in total. The van der Waals surface area contributed by atoms with Crippen molar-refractivity contribution in [2.24, 2.45) is 35.5 Å². The zero-order chi connectivity index (χ0) is 11.3. The van der Waals surface area contributed by atoms with E-state index in [-0.39, 0.29) is 0 Å². The average Bonchev–Trinajstić information content (AvgIpc) is 2.77. The summed E-state index contributed by atoms with van der Waals surface area (Å²) in [6.07, 6.45) is 7.83. The number of rotatable bonds is 1. The predicted octanol–water partition coefficient (Wildman–Crippen LogP) is 3.67. The second-order valence-electron chi connectivity index (χ2n) is 6.85. The minimum absolute atomic E-state index is 0.437. The molecule has 0 unspecified atom stereocenters. The zero-order valence-electron chi connectivity index (χ0n) is 10.6. The molecule has 3 aliphatic rings. The highest BCUT2D eigenvalue weighted by Crippen LogP contribution is 2.54. The maximum absolute atomic E-state index is 12.3. The minimum atomic E-state index is 0.437.